The van der Waals surface area contributed by atoms with Crippen LogP contribution in [0.15, 0.2) is 24.3 Å². The van der Waals surface area contributed by atoms with Crippen LogP contribution in [0.2, 0.25) is 0 Å². The van der Waals surface area contributed by atoms with E-state index in [2.05, 4.69) is 10.1 Å². The lowest BCUT2D eigenvalue weighted by molar-refractivity contribution is -0.274. The maximum Gasteiger partial charge on any atom is 0.573 e. The number of benzene rings is 1. The number of carbonyl (C=O) groups is 1. The average molecular weight is 321 g/mol. The Balaban J connectivity index is 2.52. The molecule has 0 radical (unpaired) electrons. The number of alkyl halides is 3. The highest BCUT2D eigenvalue weighted by molar-refractivity contribution is 5.67. The van der Waals surface area contributed by atoms with Crippen LogP contribution in [-0.2, 0) is 4.74 Å². The monoisotopic (exact) mass is 321 g/mol. The van der Waals surface area contributed by atoms with Crippen molar-refractivity contribution in [1.82, 2.24) is 5.32 Å². The van der Waals surface area contributed by atoms with Crippen LogP contribution in [0.5, 0.6) is 5.75 Å². The lowest BCUT2D eigenvalue weighted by atomic mass is 10.1. The number of amides is 1. The molecule has 5 nitrogen and oxygen atoms in total. The van der Waals surface area contributed by atoms with E-state index in [1.54, 1.807) is 20.8 Å². The number of hydrogen-bond donors (Lipinski definition) is 2. The second-order valence-corrected chi connectivity index (χ2v) is 5.52. The smallest absolute Gasteiger partial charge is 0.444 e. The van der Waals surface area contributed by atoms with E-state index < -0.39 is 24.2 Å². The van der Waals surface area contributed by atoms with Gasteiger partial charge in [-0.2, -0.15) is 0 Å². The van der Waals surface area contributed by atoms with Crippen molar-refractivity contribution in [1.29, 1.82) is 0 Å². The topological polar surface area (TPSA) is 67.8 Å². The highest BCUT2D eigenvalue weighted by Gasteiger charge is 2.31. The third-order valence-corrected chi connectivity index (χ3v) is 2.34. The second kappa shape index (κ2) is 6.87. The Morgan fingerprint density at radius 3 is 2.23 bits per heavy atom. The Kier molecular flexibility index (Phi) is 5.65. The van der Waals surface area contributed by atoms with E-state index >= 15 is 0 Å². The summed E-state index contributed by atoms with van der Waals surface area (Å²) in [5.41, 5.74) is -0.323. The van der Waals surface area contributed by atoms with Gasteiger partial charge in [0.05, 0.1) is 12.6 Å². The zero-order chi connectivity index (χ0) is 17.0. The molecule has 124 valence electrons. The summed E-state index contributed by atoms with van der Waals surface area (Å²) in [4.78, 5) is 11.4. The molecule has 2 N–H and O–H groups in total. The van der Waals surface area contributed by atoms with Crippen LogP contribution >= 0.6 is 0 Å². The number of aliphatic hydroxyl groups excluding tert-OH is 1. The molecule has 0 spiro atoms. The Hall–Kier alpha value is -1.96. The van der Waals surface area contributed by atoms with Crippen LogP contribution in [-0.4, -0.2) is 29.7 Å². The second-order valence-electron chi connectivity index (χ2n) is 5.52. The van der Waals surface area contributed by atoms with E-state index in [1.807, 2.05) is 0 Å². The molecule has 1 amide bonds. The van der Waals surface area contributed by atoms with Crippen molar-refractivity contribution in [2.75, 3.05) is 6.54 Å². The van der Waals surface area contributed by atoms with E-state index in [0.29, 0.717) is 5.56 Å². The Labute approximate surface area is 126 Å². The standard InChI is InChI=1S/C14H18F3NO4/c1-13(2,3)22-12(20)18-8-11(19)9-4-6-10(7-5-9)21-14(15,16)17/h4-7,11,19H,8H2,1-3H3,(H,18,20). The Morgan fingerprint density at radius 2 is 1.77 bits per heavy atom. The van der Waals surface area contributed by atoms with Gasteiger partial charge in [0.2, 0.25) is 0 Å². The van der Waals surface area contributed by atoms with Gasteiger partial charge >= 0.3 is 12.5 Å². The molecule has 1 unspecified atom stereocenters. The molecular formula is C14H18F3NO4. The molecule has 0 aromatic heterocycles. The average Bonchev–Trinajstić information content (AvgIpc) is 2.33. The largest absolute Gasteiger partial charge is 0.573 e. The summed E-state index contributed by atoms with van der Waals surface area (Å²) in [6.07, 6.45) is -6.53. The number of halogens is 3. The van der Waals surface area contributed by atoms with Gasteiger partial charge in [0.15, 0.2) is 0 Å². The van der Waals surface area contributed by atoms with Crippen LogP contribution < -0.4 is 10.1 Å². The molecule has 22 heavy (non-hydrogen) atoms. The first kappa shape index (κ1) is 18.1. The molecule has 0 aliphatic carbocycles. The van der Waals surface area contributed by atoms with Gasteiger partial charge in [-0.3, -0.25) is 0 Å². The van der Waals surface area contributed by atoms with Gasteiger partial charge < -0.3 is 19.9 Å². The van der Waals surface area contributed by atoms with E-state index in [4.69, 9.17) is 4.74 Å². The number of aliphatic hydroxyl groups is 1. The van der Waals surface area contributed by atoms with Crippen molar-refractivity contribution in [2.24, 2.45) is 0 Å². The first-order chi connectivity index (χ1) is 9.96. The van der Waals surface area contributed by atoms with Crippen LogP contribution in [0.25, 0.3) is 0 Å². The summed E-state index contributed by atoms with van der Waals surface area (Å²) in [5, 5.41) is 12.2. The van der Waals surface area contributed by atoms with Gasteiger partial charge in [-0.25, -0.2) is 4.79 Å². The van der Waals surface area contributed by atoms with Crippen molar-refractivity contribution in [3.63, 3.8) is 0 Å². The molecule has 0 aliphatic rings. The first-order valence-corrected chi connectivity index (χ1v) is 6.47. The summed E-state index contributed by atoms with van der Waals surface area (Å²) in [7, 11) is 0. The van der Waals surface area contributed by atoms with Crippen molar-refractivity contribution in [3.05, 3.63) is 29.8 Å². The quantitative estimate of drug-likeness (QED) is 0.894. The lowest BCUT2D eigenvalue weighted by Gasteiger charge is -2.20. The number of rotatable bonds is 4. The normalized spacial score (nSPS) is 13.4. The SMILES string of the molecule is CC(C)(C)OC(=O)NCC(O)c1ccc(OC(F)(F)F)cc1. The predicted molar refractivity (Wildman–Crippen MR) is 72.3 cm³/mol. The number of hydrogen-bond acceptors (Lipinski definition) is 4. The minimum absolute atomic E-state index is 0.131. The van der Waals surface area contributed by atoms with Gasteiger partial charge in [-0.05, 0) is 38.5 Å². The first-order valence-electron chi connectivity index (χ1n) is 6.47. The molecule has 0 saturated heterocycles. The summed E-state index contributed by atoms with van der Waals surface area (Å²) in [5.74, 6) is -0.386. The fraction of sp³-hybridized carbons (Fsp3) is 0.500. The van der Waals surface area contributed by atoms with Crippen molar-refractivity contribution >= 4 is 6.09 Å². The van der Waals surface area contributed by atoms with E-state index in [0.717, 1.165) is 12.1 Å². The third-order valence-electron chi connectivity index (χ3n) is 2.34. The number of ether oxygens (including phenoxy) is 2. The summed E-state index contributed by atoms with van der Waals surface area (Å²) in [6.45, 7) is 4.96. The minimum atomic E-state index is -4.77. The number of alkyl carbamates (subject to hydrolysis) is 1. The highest BCUT2D eigenvalue weighted by atomic mass is 19.4. The number of carbonyl (C=O) groups excluding carboxylic acids is 1. The summed E-state index contributed by atoms with van der Waals surface area (Å²) < 4.78 is 44.7. The van der Waals surface area contributed by atoms with E-state index in [-0.39, 0.29) is 12.3 Å². The molecule has 8 heteroatoms. The van der Waals surface area contributed by atoms with Crippen molar-refractivity contribution in [2.45, 2.75) is 38.8 Å². The minimum Gasteiger partial charge on any atom is -0.444 e. The molecule has 1 aromatic carbocycles. The van der Waals surface area contributed by atoms with Gasteiger partial charge in [-0.1, -0.05) is 12.1 Å². The molecule has 1 rings (SSSR count). The zero-order valence-electron chi connectivity index (χ0n) is 12.4. The highest BCUT2D eigenvalue weighted by Crippen LogP contribution is 2.24. The predicted octanol–water partition coefficient (Wildman–Crippen LogP) is 3.14. The van der Waals surface area contributed by atoms with Crippen LogP contribution in [0, 0.1) is 0 Å². The van der Waals surface area contributed by atoms with Crippen LogP contribution in [0.4, 0.5) is 18.0 Å². The third kappa shape index (κ3) is 7.16. The van der Waals surface area contributed by atoms with E-state index in [9.17, 15) is 23.1 Å². The van der Waals surface area contributed by atoms with Gasteiger partial charge in [-0.15, -0.1) is 13.2 Å². The lowest BCUT2D eigenvalue weighted by Crippen LogP contribution is -2.34. The van der Waals surface area contributed by atoms with Crippen LogP contribution in [0.3, 0.4) is 0 Å². The van der Waals surface area contributed by atoms with Crippen molar-refractivity contribution < 1.29 is 32.5 Å². The molecule has 1 atom stereocenters. The summed E-state index contributed by atoms with van der Waals surface area (Å²) >= 11 is 0. The summed E-state index contributed by atoms with van der Waals surface area (Å²) in [6, 6.07) is 4.73. The van der Waals surface area contributed by atoms with Gasteiger partial charge in [0.25, 0.3) is 0 Å². The molecule has 0 heterocycles. The fourth-order valence-corrected chi connectivity index (χ4v) is 1.50. The Morgan fingerprint density at radius 1 is 1.23 bits per heavy atom. The molecule has 0 saturated carbocycles. The Bertz CT molecular complexity index is 494. The fourth-order valence-electron chi connectivity index (χ4n) is 1.50. The van der Waals surface area contributed by atoms with Crippen molar-refractivity contribution in [3.8, 4) is 5.75 Å². The zero-order valence-corrected chi connectivity index (χ0v) is 12.4. The molecule has 0 bridgehead atoms. The maximum absolute atomic E-state index is 12.0. The molecule has 0 fully saturated rings. The maximum atomic E-state index is 12.0. The molecule has 0 aliphatic heterocycles. The van der Waals surface area contributed by atoms with E-state index in [1.165, 1.54) is 12.1 Å². The number of nitrogens with one attached hydrogen (secondary N) is 1. The molecular weight excluding hydrogens is 303 g/mol. The van der Waals surface area contributed by atoms with Gasteiger partial charge in [0, 0.05) is 0 Å². The van der Waals surface area contributed by atoms with Gasteiger partial charge in [0.1, 0.15) is 11.4 Å². The molecule has 1 aromatic rings. The van der Waals surface area contributed by atoms with Crippen LogP contribution in [0.1, 0.15) is 32.4 Å².